The molecule has 1 unspecified atom stereocenters. The minimum Gasteiger partial charge on any atom is -0.462 e. The molecule has 0 amide bonds. The molecule has 0 bridgehead atoms. The fourth-order valence-corrected chi connectivity index (χ4v) is 8.39. The number of allylic oxidation sites excluding steroid dienone is 18. The molecule has 0 heterocycles. The maximum absolute atomic E-state index is 12.9. The lowest BCUT2D eigenvalue weighted by atomic mass is 10.0. The van der Waals surface area contributed by atoms with Crippen LogP contribution in [-0.2, 0) is 28.6 Å². The van der Waals surface area contributed by atoms with Crippen LogP contribution in [-0.4, -0.2) is 37.2 Å². The van der Waals surface area contributed by atoms with Gasteiger partial charge < -0.3 is 14.2 Å². The first-order chi connectivity index (χ1) is 36.5. The lowest BCUT2D eigenvalue weighted by molar-refractivity contribution is -0.167. The minimum atomic E-state index is -0.800. The molecule has 0 spiro atoms. The summed E-state index contributed by atoms with van der Waals surface area (Å²) in [6.07, 6.45) is 83.7. The Morgan fingerprint density at radius 1 is 0.284 bits per heavy atom. The molecule has 0 aromatic heterocycles. The average Bonchev–Trinajstić information content (AvgIpc) is 3.40. The molecule has 74 heavy (non-hydrogen) atoms. The molecule has 1 atom stereocenters. The number of hydrogen-bond donors (Lipinski definition) is 0. The number of esters is 3. The Bertz CT molecular complexity index is 1510. The average molecular weight is 1030 g/mol. The van der Waals surface area contributed by atoms with E-state index in [0.717, 1.165) is 116 Å². The van der Waals surface area contributed by atoms with E-state index < -0.39 is 6.10 Å². The molecule has 6 nitrogen and oxygen atoms in total. The van der Waals surface area contributed by atoms with E-state index >= 15 is 0 Å². The third kappa shape index (κ3) is 59.0. The lowest BCUT2D eigenvalue weighted by Gasteiger charge is -2.18. The zero-order valence-electron chi connectivity index (χ0n) is 48.3. The van der Waals surface area contributed by atoms with Crippen molar-refractivity contribution in [2.75, 3.05) is 13.2 Å². The summed E-state index contributed by atoms with van der Waals surface area (Å²) >= 11 is 0. The monoisotopic (exact) mass is 1030 g/mol. The maximum Gasteiger partial charge on any atom is 0.306 e. The van der Waals surface area contributed by atoms with E-state index in [-0.39, 0.29) is 31.1 Å². The molecule has 0 fully saturated rings. The molecule has 0 rings (SSSR count). The van der Waals surface area contributed by atoms with E-state index in [1.807, 2.05) is 0 Å². The summed E-state index contributed by atoms with van der Waals surface area (Å²) in [5.74, 6) is -0.942. The van der Waals surface area contributed by atoms with Crippen LogP contribution >= 0.6 is 0 Å². The highest BCUT2D eigenvalue weighted by molar-refractivity contribution is 5.71. The smallest absolute Gasteiger partial charge is 0.306 e. The number of rotatable bonds is 55. The van der Waals surface area contributed by atoms with Crippen LogP contribution in [0.25, 0.3) is 0 Å². The van der Waals surface area contributed by atoms with Crippen LogP contribution in [0.15, 0.2) is 109 Å². The molecule has 0 aliphatic rings. The minimum absolute atomic E-state index is 0.0950. The summed E-state index contributed by atoms with van der Waals surface area (Å²) in [5.41, 5.74) is 0. The van der Waals surface area contributed by atoms with Gasteiger partial charge in [0.25, 0.3) is 0 Å². The van der Waals surface area contributed by atoms with E-state index in [4.69, 9.17) is 14.2 Å². The van der Waals surface area contributed by atoms with Gasteiger partial charge in [-0.05, 0) is 109 Å². The van der Waals surface area contributed by atoms with Crippen molar-refractivity contribution < 1.29 is 28.6 Å². The van der Waals surface area contributed by atoms with Crippen molar-refractivity contribution in [2.24, 2.45) is 0 Å². The fraction of sp³-hybridized carbons (Fsp3) is 0.691. The molecule has 0 aromatic carbocycles. The van der Waals surface area contributed by atoms with Crippen molar-refractivity contribution in [3.05, 3.63) is 109 Å². The van der Waals surface area contributed by atoms with Crippen LogP contribution in [0, 0.1) is 0 Å². The highest BCUT2D eigenvalue weighted by Crippen LogP contribution is 2.16. The van der Waals surface area contributed by atoms with Crippen molar-refractivity contribution in [2.45, 2.75) is 290 Å². The van der Waals surface area contributed by atoms with Crippen molar-refractivity contribution >= 4 is 17.9 Å². The molecule has 6 heteroatoms. The predicted octanol–water partition coefficient (Wildman–Crippen LogP) is 21.0. The van der Waals surface area contributed by atoms with Gasteiger partial charge in [-0.2, -0.15) is 0 Å². The summed E-state index contributed by atoms with van der Waals surface area (Å²) in [6.45, 7) is 6.48. The molecule has 0 saturated carbocycles. The Balaban J connectivity index is 4.42. The fourth-order valence-electron chi connectivity index (χ4n) is 8.39. The summed E-state index contributed by atoms with van der Waals surface area (Å²) in [6, 6.07) is 0. The molecule has 422 valence electrons. The van der Waals surface area contributed by atoms with Crippen LogP contribution in [0.1, 0.15) is 284 Å². The van der Waals surface area contributed by atoms with E-state index in [2.05, 4.69) is 130 Å². The zero-order chi connectivity index (χ0) is 53.6. The van der Waals surface area contributed by atoms with Gasteiger partial charge in [0, 0.05) is 19.3 Å². The molecule has 0 N–H and O–H groups in total. The molecular formula is C68H114O6. The van der Waals surface area contributed by atoms with E-state index in [0.29, 0.717) is 19.3 Å². The van der Waals surface area contributed by atoms with Gasteiger partial charge in [-0.15, -0.1) is 0 Å². The second-order valence-electron chi connectivity index (χ2n) is 20.2. The first kappa shape index (κ1) is 70.1. The van der Waals surface area contributed by atoms with E-state index in [1.165, 1.54) is 128 Å². The van der Waals surface area contributed by atoms with Crippen molar-refractivity contribution in [3.63, 3.8) is 0 Å². The van der Waals surface area contributed by atoms with Gasteiger partial charge in [0.15, 0.2) is 6.10 Å². The first-order valence-corrected chi connectivity index (χ1v) is 30.9. The quantitative estimate of drug-likeness (QED) is 0.0261. The Labute approximate surface area is 457 Å². The van der Waals surface area contributed by atoms with Crippen LogP contribution < -0.4 is 0 Å². The first-order valence-electron chi connectivity index (χ1n) is 30.9. The van der Waals surface area contributed by atoms with Gasteiger partial charge in [-0.3, -0.25) is 14.4 Å². The van der Waals surface area contributed by atoms with Crippen molar-refractivity contribution in [1.82, 2.24) is 0 Å². The lowest BCUT2D eigenvalue weighted by Crippen LogP contribution is -2.30. The van der Waals surface area contributed by atoms with Gasteiger partial charge in [0.2, 0.25) is 0 Å². The molecule has 0 saturated heterocycles. The Morgan fingerprint density at radius 3 is 0.878 bits per heavy atom. The third-order valence-corrected chi connectivity index (χ3v) is 13.0. The number of carbonyl (C=O) groups is 3. The number of ether oxygens (including phenoxy) is 3. The normalized spacial score (nSPS) is 12.9. The number of unbranched alkanes of at least 4 members (excludes halogenated alkanes) is 26. The van der Waals surface area contributed by atoms with Gasteiger partial charge in [-0.25, -0.2) is 0 Å². The second kappa shape index (κ2) is 61.6. The highest BCUT2D eigenvalue weighted by atomic mass is 16.6. The summed E-state index contributed by atoms with van der Waals surface area (Å²) < 4.78 is 16.9. The van der Waals surface area contributed by atoms with Gasteiger partial charge in [-0.1, -0.05) is 265 Å². The largest absolute Gasteiger partial charge is 0.462 e. The zero-order valence-corrected chi connectivity index (χ0v) is 48.3. The molecule has 0 aliphatic heterocycles. The van der Waals surface area contributed by atoms with E-state index in [9.17, 15) is 14.4 Å². The Kier molecular flexibility index (Phi) is 58.3. The predicted molar refractivity (Wildman–Crippen MR) is 320 cm³/mol. The van der Waals surface area contributed by atoms with Gasteiger partial charge in [0.05, 0.1) is 0 Å². The Morgan fingerprint density at radius 2 is 0.527 bits per heavy atom. The van der Waals surface area contributed by atoms with Gasteiger partial charge in [0.1, 0.15) is 13.2 Å². The molecule has 0 radical (unpaired) electrons. The van der Waals surface area contributed by atoms with Gasteiger partial charge >= 0.3 is 17.9 Å². The molecule has 0 aromatic rings. The summed E-state index contributed by atoms with van der Waals surface area (Å²) in [5, 5.41) is 0. The standard InChI is InChI=1S/C68H114O6/c1-4-7-10-13-16-19-22-25-27-29-30-31-32-33-34-35-36-37-38-39-41-43-46-49-52-55-58-61-67(70)73-64-65(63-72-66(69)60-57-54-51-48-45-42-24-21-18-15-12-9-6-3)74-68(71)62-59-56-53-50-47-44-40-28-26-23-20-17-14-11-8-5-2/h7,10,16,19,21,24-25,27,30-31,33-34,36-37,39,41,46,49,65H,4-6,8-9,11-15,17-18,20,22-23,26,28-29,32,35,38,40,42-45,47-48,50-64H2,1-3H3/b10-7-,19-16-,24-21-,27-25-,31-30-,34-33-,37-36-,41-39-,49-46-. The summed E-state index contributed by atoms with van der Waals surface area (Å²) in [4.78, 5) is 38.2. The molecular weight excluding hydrogens is 913 g/mol. The van der Waals surface area contributed by atoms with Crippen molar-refractivity contribution in [3.8, 4) is 0 Å². The number of carbonyl (C=O) groups excluding carboxylic acids is 3. The molecule has 0 aliphatic carbocycles. The van der Waals surface area contributed by atoms with Crippen LogP contribution in [0.4, 0.5) is 0 Å². The second-order valence-corrected chi connectivity index (χ2v) is 20.2. The van der Waals surface area contributed by atoms with Crippen LogP contribution in [0.5, 0.6) is 0 Å². The van der Waals surface area contributed by atoms with E-state index in [1.54, 1.807) is 0 Å². The van der Waals surface area contributed by atoms with Crippen LogP contribution in [0.2, 0.25) is 0 Å². The number of hydrogen-bond acceptors (Lipinski definition) is 6. The van der Waals surface area contributed by atoms with Crippen molar-refractivity contribution in [1.29, 1.82) is 0 Å². The summed E-state index contributed by atoms with van der Waals surface area (Å²) in [7, 11) is 0. The Hall–Kier alpha value is -3.93. The van der Waals surface area contributed by atoms with Crippen LogP contribution in [0.3, 0.4) is 0 Å². The topological polar surface area (TPSA) is 78.9 Å². The highest BCUT2D eigenvalue weighted by Gasteiger charge is 2.19. The SMILES string of the molecule is CC/C=C\C/C=C\C/C=C\C/C=C\C/C=C\C/C=C\C/C=C\C/C=C\CCCCC(=O)OCC(COC(=O)CCCCCCC/C=C\CCCCCC)OC(=O)CCCCCCCCCCCCCCCCCC. The maximum atomic E-state index is 12.9. The third-order valence-electron chi connectivity index (χ3n) is 13.0.